The van der Waals surface area contributed by atoms with Gasteiger partial charge in [0, 0.05) is 28.7 Å². The van der Waals surface area contributed by atoms with E-state index in [1.165, 1.54) is 4.90 Å². The molecule has 0 unspecified atom stereocenters. The number of rotatable bonds is 10. The molecule has 1 aromatic heterocycles. The van der Waals surface area contributed by atoms with Gasteiger partial charge in [0.05, 0.1) is 30.2 Å². The molecule has 2 aromatic carbocycles. The van der Waals surface area contributed by atoms with E-state index >= 15 is 0 Å². The first-order valence-corrected chi connectivity index (χ1v) is 15.7. The van der Waals surface area contributed by atoms with Gasteiger partial charge in [-0.05, 0) is 90.9 Å². The minimum Gasteiger partial charge on any atom is -0.507 e. The van der Waals surface area contributed by atoms with Crippen LogP contribution in [0.25, 0.3) is 11.6 Å². The standard InChI is InChI=1S/C35H35BrN2O5/c1-2-16-38-34(40)27-19-24(20-42-26-8-4-3-5-9-26)32-28(33(27)35(38)41)21-43-31(32)14-11-22(29-10-6-7-15-37-29)17-23-18-25(36)12-13-30(23)39/h3-10,12-13,15,17-18,27-28,31,33,39H,2,11,14,16,19-21H2,1H3/b22-17-/t27-,28+,31-,33-/m1/s1. The van der Waals surface area contributed by atoms with Gasteiger partial charge in [-0.3, -0.25) is 19.5 Å². The molecule has 0 radical (unpaired) electrons. The number of fused-ring (bicyclic) bond motifs is 3. The molecule has 1 aliphatic carbocycles. The molecule has 8 heteroatoms. The number of pyridine rings is 1. The molecule has 4 atom stereocenters. The van der Waals surface area contributed by atoms with Crippen molar-refractivity contribution in [3.05, 3.63) is 99.8 Å². The predicted molar refractivity (Wildman–Crippen MR) is 168 cm³/mol. The van der Waals surface area contributed by atoms with Gasteiger partial charge in [0.2, 0.25) is 11.8 Å². The summed E-state index contributed by atoms with van der Waals surface area (Å²) < 4.78 is 13.5. The van der Waals surface area contributed by atoms with E-state index in [-0.39, 0.29) is 41.4 Å². The molecule has 2 amide bonds. The van der Waals surface area contributed by atoms with Crippen LogP contribution in [-0.4, -0.2) is 52.7 Å². The summed E-state index contributed by atoms with van der Waals surface area (Å²) >= 11 is 3.51. The fraction of sp³-hybridized carbons (Fsp3) is 0.343. The minimum atomic E-state index is -0.385. The number of ether oxygens (including phenoxy) is 2. The number of phenolic OH excluding ortho intramolecular Hbond substituents is 1. The van der Waals surface area contributed by atoms with Gasteiger partial charge < -0.3 is 14.6 Å². The van der Waals surface area contributed by atoms with Crippen LogP contribution in [0.2, 0.25) is 0 Å². The third-order valence-electron chi connectivity index (χ3n) is 8.69. The van der Waals surface area contributed by atoms with E-state index in [1.807, 2.05) is 67.6 Å². The number of benzene rings is 2. The molecule has 3 aliphatic rings. The molecule has 6 rings (SSSR count). The first kappa shape index (κ1) is 29.3. The minimum absolute atomic E-state index is 0.0640. The summed E-state index contributed by atoms with van der Waals surface area (Å²) in [5, 5.41) is 10.6. The van der Waals surface area contributed by atoms with Crippen molar-refractivity contribution in [1.29, 1.82) is 0 Å². The molecule has 2 aliphatic heterocycles. The monoisotopic (exact) mass is 642 g/mol. The van der Waals surface area contributed by atoms with Crippen LogP contribution in [0.5, 0.6) is 11.5 Å². The van der Waals surface area contributed by atoms with Crippen molar-refractivity contribution in [2.75, 3.05) is 19.8 Å². The Morgan fingerprint density at radius 1 is 1.09 bits per heavy atom. The Balaban J connectivity index is 1.31. The number of likely N-dealkylation sites (tertiary alicyclic amines) is 1. The number of hydrogen-bond donors (Lipinski definition) is 1. The summed E-state index contributed by atoms with van der Waals surface area (Å²) in [6, 6.07) is 20.8. The highest BCUT2D eigenvalue weighted by molar-refractivity contribution is 9.10. The van der Waals surface area contributed by atoms with E-state index in [0.717, 1.165) is 39.1 Å². The highest BCUT2D eigenvalue weighted by Gasteiger charge is 2.56. The molecule has 0 spiro atoms. The van der Waals surface area contributed by atoms with Crippen LogP contribution in [-0.2, 0) is 14.3 Å². The lowest BCUT2D eigenvalue weighted by Gasteiger charge is -2.31. The van der Waals surface area contributed by atoms with Crippen LogP contribution < -0.4 is 4.74 Å². The third-order valence-corrected chi connectivity index (χ3v) is 9.19. The largest absolute Gasteiger partial charge is 0.507 e. The van der Waals surface area contributed by atoms with Gasteiger partial charge in [-0.1, -0.05) is 47.1 Å². The second-order valence-corrected chi connectivity index (χ2v) is 12.3. The number of phenols is 1. The molecule has 2 fully saturated rings. The molecular weight excluding hydrogens is 608 g/mol. The Bertz CT molecular complexity index is 1550. The van der Waals surface area contributed by atoms with Crippen molar-refractivity contribution in [2.24, 2.45) is 17.8 Å². The number of para-hydroxylation sites is 1. The third kappa shape index (κ3) is 6.04. The van der Waals surface area contributed by atoms with Crippen molar-refractivity contribution >= 4 is 39.4 Å². The Morgan fingerprint density at radius 3 is 2.67 bits per heavy atom. The molecule has 1 N–H and O–H groups in total. The van der Waals surface area contributed by atoms with Gasteiger partial charge >= 0.3 is 0 Å². The average Bonchev–Trinajstić information content (AvgIpc) is 3.55. The summed E-state index contributed by atoms with van der Waals surface area (Å²) in [6.07, 6.45) is 6.06. The van der Waals surface area contributed by atoms with Gasteiger partial charge in [-0.15, -0.1) is 0 Å². The number of carbonyl (C=O) groups is 2. The zero-order valence-corrected chi connectivity index (χ0v) is 25.7. The number of hydrogen-bond acceptors (Lipinski definition) is 6. The lowest BCUT2D eigenvalue weighted by atomic mass is 9.69. The maximum Gasteiger partial charge on any atom is 0.233 e. The van der Waals surface area contributed by atoms with Gasteiger partial charge in [0.1, 0.15) is 18.1 Å². The Kier molecular flexibility index (Phi) is 8.77. The molecule has 7 nitrogen and oxygen atoms in total. The van der Waals surface area contributed by atoms with Crippen molar-refractivity contribution in [3.8, 4) is 11.5 Å². The van der Waals surface area contributed by atoms with E-state index in [2.05, 4.69) is 20.9 Å². The van der Waals surface area contributed by atoms with E-state index in [1.54, 1.807) is 18.3 Å². The number of allylic oxidation sites excluding steroid dienone is 1. The zero-order chi connectivity index (χ0) is 29.9. The first-order chi connectivity index (χ1) is 20.9. The normalized spacial score (nSPS) is 23.5. The van der Waals surface area contributed by atoms with Crippen LogP contribution in [0.3, 0.4) is 0 Å². The quantitative estimate of drug-likeness (QED) is 0.196. The summed E-state index contributed by atoms with van der Waals surface area (Å²) in [7, 11) is 0. The molecule has 43 heavy (non-hydrogen) atoms. The maximum atomic E-state index is 13.5. The van der Waals surface area contributed by atoms with Gasteiger partial charge in [-0.25, -0.2) is 0 Å². The van der Waals surface area contributed by atoms with Crippen molar-refractivity contribution in [1.82, 2.24) is 9.88 Å². The molecule has 3 aromatic rings. The Morgan fingerprint density at radius 2 is 1.91 bits per heavy atom. The van der Waals surface area contributed by atoms with Crippen LogP contribution in [0.15, 0.2) is 88.5 Å². The number of halogens is 1. The summed E-state index contributed by atoms with van der Waals surface area (Å²) in [5.74, 6) is -0.0713. The summed E-state index contributed by atoms with van der Waals surface area (Å²) in [4.78, 5) is 33.0. The lowest BCUT2D eigenvalue weighted by molar-refractivity contribution is -0.140. The highest BCUT2D eigenvalue weighted by atomic mass is 79.9. The first-order valence-electron chi connectivity index (χ1n) is 14.9. The fourth-order valence-electron chi connectivity index (χ4n) is 6.74. The fourth-order valence-corrected chi connectivity index (χ4v) is 7.12. The van der Waals surface area contributed by atoms with Crippen molar-refractivity contribution < 1.29 is 24.2 Å². The zero-order valence-electron chi connectivity index (χ0n) is 24.1. The number of aromatic hydroxyl groups is 1. The molecule has 3 heterocycles. The van der Waals surface area contributed by atoms with E-state index in [0.29, 0.717) is 44.6 Å². The second kappa shape index (κ2) is 12.9. The molecule has 222 valence electrons. The molecule has 2 saturated heterocycles. The Hall–Kier alpha value is -3.75. The molecule has 0 saturated carbocycles. The van der Waals surface area contributed by atoms with E-state index in [4.69, 9.17) is 9.47 Å². The van der Waals surface area contributed by atoms with Gasteiger partial charge in [-0.2, -0.15) is 0 Å². The topological polar surface area (TPSA) is 89.0 Å². The highest BCUT2D eigenvalue weighted by Crippen LogP contribution is 2.50. The van der Waals surface area contributed by atoms with Crippen molar-refractivity contribution in [2.45, 2.75) is 38.7 Å². The number of amides is 2. The van der Waals surface area contributed by atoms with Crippen LogP contribution in [0.4, 0.5) is 0 Å². The Labute approximate surface area is 260 Å². The van der Waals surface area contributed by atoms with E-state index in [9.17, 15) is 14.7 Å². The van der Waals surface area contributed by atoms with Crippen LogP contribution in [0.1, 0.15) is 43.9 Å². The predicted octanol–water partition coefficient (Wildman–Crippen LogP) is 6.68. The smallest absolute Gasteiger partial charge is 0.233 e. The van der Waals surface area contributed by atoms with Crippen LogP contribution in [0, 0.1) is 17.8 Å². The number of nitrogens with zero attached hydrogens (tertiary/aromatic N) is 2. The second-order valence-electron chi connectivity index (χ2n) is 11.4. The SMILES string of the molecule is CCCN1C(=O)[C@@H]2[C@@H](CC(COc3ccccc3)=C3[C@@H](CC/C(=C/c4cc(Br)ccc4O)c4ccccn4)OC[C@@H]32)C1=O. The summed E-state index contributed by atoms with van der Waals surface area (Å²) in [6.45, 7) is 3.20. The maximum absolute atomic E-state index is 13.5. The van der Waals surface area contributed by atoms with Gasteiger partial charge in [0.15, 0.2) is 0 Å². The van der Waals surface area contributed by atoms with Gasteiger partial charge in [0.25, 0.3) is 0 Å². The lowest BCUT2D eigenvalue weighted by Crippen LogP contribution is -2.35. The number of aromatic nitrogens is 1. The molecular formula is C35H35BrN2O5. The van der Waals surface area contributed by atoms with Crippen molar-refractivity contribution in [3.63, 3.8) is 0 Å². The summed E-state index contributed by atoms with van der Waals surface area (Å²) in [5.41, 5.74) is 4.67. The van der Waals surface area contributed by atoms with Crippen LogP contribution >= 0.6 is 15.9 Å². The number of imide groups is 1. The molecule has 0 bridgehead atoms. The average molecular weight is 644 g/mol. The van der Waals surface area contributed by atoms with E-state index < -0.39 is 0 Å². The number of carbonyl (C=O) groups excluding carboxylic acids is 2.